The van der Waals surface area contributed by atoms with Gasteiger partial charge in [0.25, 0.3) is 5.91 Å². The number of hydrogen-bond donors (Lipinski definition) is 1. The highest BCUT2D eigenvalue weighted by Gasteiger charge is 2.32. The second kappa shape index (κ2) is 7.75. The summed E-state index contributed by atoms with van der Waals surface area (Å²) >= 11 is 0. The number of aryl methyl sites for hydroxylation is 2. The number of benzene rings is 2. The van der Waals surface area contributed by atoms with Gasteiger partial charge in [0.05, 0.1) is 6.54 Å². The summed E-state index contributed by atoms with van der Waals surface area (Å²) in [5, 5.41) is 2.81. The van der Waals surface area contributed by atoms with Crippen molar-refractivity contribution in [2.24, 2.45) is 0 Å². The van der Waals surface area contributed by atoms with Crippen molar-refractivity contribution < 1.29 is 14.3 Å². The first-order valence-electron chi connectivity index (χ1n) is 9.10. The molecule has 0 saturated heterocycles. The first-order chi connectivity index (χ1) is 12.8. The quantitative estimate of drug-likeness (QED) is 0.840. The fraction of sp³-hybridized carbons (Fsp3) is 0.348. The van der Waals surface area contributed by atoms with Gasteiger partial charge in [-0.3, -0.25) is 4.79 Å². The zero-order chi connectivity index (χ0) is 19.4. The Labute approximate surface area is 160 Å². The van der Waals surface area contributed by atoms with E-state index in [0.717, 1.165) is 28.9 Å². The average Bonchev–Trinajstić information content (AvgIpc) is 2.91. The Morgan fingerprint density at radius 1 is 1.19 bits per heavy atom. The van der Waals surface area contributed by atoms with Crippen LogP contribution in [0.1, 0.15) is 40.9 Å². The highest BCUT2D eigenvalue weighted by molar-refractivity contribution is 5.94. The Morgan fingerprint density at radius 2 is 1.93 bits per heavy atom. The highest BCUT2D eigenvalue weighted by Crippen LogP contribution is 2.41. The Hall–Kier alpha value is -2.93. The molecule has 1 heterocycles. The predicted molar refractivity (Wildman–Crippen MR) is 106 cm³/mol. The van der Waals surface area contributed by atoms with E-state index in [1.165, 1.54) is 0 Å². The van der Waals surface area contributed by atoms with Crippen molar-refractivity contribution in [3.05, 3.63) is 58.7 Å². The normalized spacial score (nSPS) is 13.8. The van der Waals surface area contributed by atoms with E-state index in [0.29, 0.717) is 11.3 Å². The summed E-state index contributed by atoms with van der Waals surface area (Å²) in [5.74, 6) is 7.26. The first kappa shape index (κ1) is 18.8. The molecule has 1 aliphatic heterocycles. The fourth-order valence-electron chi connectivity index (χ4n) is 3.26. The molecule has 0 atom stereocenters. The minimum Gasteiger partial charge on any atom is -0.483 e. The SMILES string of the molecule is Cc1cc(C)cc(C(=O)NCC#CCOc2cccc3c2OC(C)(C)C3)c1. The first-order valence-corrected chi connectivity index (χ1v) is 9.10. The molecule has 0 unspecified atom stereocenters. The number of hydrogen-bond acceptors (Lipinski definition) is 3. The number of amides is 1. The molecule has 4 heteroatoms. The minimum atomic E-state index is -0.202. The van der Waals surface area contributed by atoms with Gasteiger partial charge in [0.2, 0.25) is 0 Å². The van der Waals surface area contributed by atoms with Crippen molar-refractivity contribution in [2.45, 2.75) is 39.7 Å². The standard InChI is InChI=1S/C23H25NO3/c1-16-12-17(2)14-19(13-16)22(25)24-10-5-6-11-26-20-9-7-8-18-15-23(3,4)27-21(18)20/h7-9,12-14H,10-11,15H2,1-4H3,(H,24,25). The van der Waals surface area contributed by atoms with Gasteiger partial charge in [-0.05, 0) is 45.9 Å². The van der Waals surface area contributed by atoms with Crippen LogP contribution < -0.4 is 14.8 Å². The van der Waals surface area contributed by atoms with Gasteiger partial charge in [0.15, 0.2) is 11.5 Å². The van der Waals surface area contributed by atoms with Gasteiger partial charge in [-0.1, -0.05) is 41.2 Å². The van der Waals surface area contributed by atoms with E-state index in [4.69, 9.17) is 9.47 Å². The Bertz CT molecular complexity index is 899. The molecule has 0 spiro atoms. The molecule has 0 aromatic heterocycles. The van der Waals surface area contributed by atoms with E-state index in [1.54, 1.807) is 0 Å². The number of rotatable bonds is 4. The molecule has 0 aliphatic carbocycles. The van der Waals surface area contributed by atoms with Gasteiger partial charge >= 0.3 is 0 Å². The molecule has 1 N–H and O–H groups in total. The number of carbonyl (C=O) groups excluding carboxylic acids is 1. The molecule has 4 nitrogen and oxygen atoms in total. The second-order valence-electron chi connectivity index (χ2n) is 7.48. The lowest BCUT2D eigenvalue weighted by molar-refractivity contribution is 0.0958. The van der Waals surface area contributed by atoms with Crippen molar-refractivity contribution in [1.82, 2.24) is 5.32 Å². The number of nitrogens with one attached hydrogen (secondary N) is 1. The smallest absolute Gasteiger partial charge is 0.252 e. The van der Waals surface area contributed by atoms with Crippen LogP contribution in [0.25, 0.3) is 0 Å². The van der Waals surface area contributed by atoms with E-state index in [-0.39, 0.29) is 24.7 Å². The van der Waals surface area contributed by atoms with Gasteiger partial charge in [-0.15, -0.1) is 0 Å². The zero-order valence-corrected chi connectivity index (χ0v) is 16.3. The van der Waals surface area contributed by atoms with Crippen molar-refractivity contribution in [1.29, 1.82) is 0 Å². The third-order valence-corrected chi connectivity index (χ3v) is 4.30. The summed E-state index contributed by atoms with van der Waals surface area (Å²) in [6, 6.07) is 11.7. The van der Waals surface area contributed by atoms with Gasteiger partial charge in [-0.2, -0.15) is 0 Å². The number of para-hydroxylation sites is 1. The van der Waals surface area contributed by atoms with Crippen LogP contribution in [-0.2, 0) is 6.42 Å². The molecule has 2 aromatic rings. The van der Waals surface area contributed by atoms with Crippen LogP contribution >= 0.6 is 0 Å². The lowest BCUT2D eigenvalue weighted by atomic mass is 10.0. The molecule has 0 bridgehead atoms. The van der Waals surface area contributed by atoms with Crippen LogP contribution in [0.2, 0.25) is 0 Å². The molecule has 0 fully saturated rings. The Balaban J connectivity index is 1.50. The number of carbonyl (C=O) groups is 1. The average molecular weight is 363 g/mol. The van der Waals surface area contributed by atoms with Gasteiger partial charge in [0, 0.05) is 17.5 Å². The van der Waals surface area contributed by atoms with Gasteiger partial charge < -0.3 is 14.8 Å². The van der Waals surface area contributed by atoms with Crippen LogP contribution in [0, 0.1) is 25.7 Å². The molecular formula is C23H25NO3. The van der Waals surface area contributed by atoms with E-state index >= 15 is 0 Å². The van der Waals surface area contributed by atoms with E-state index in [1.807, 2.05) is 44.2 Å². The van der Waals surface area contributed by atoms with Crippen molar-refractivity contribution >= 4 is 5.91 Å². The summed E-state index contributed by atoms with van der Waals surface area (Å²) in [6.45, 7) is 8.62. The summed E-state index contributed by atoms with van der Waals surface area (Å²) in [6.07, 6.45) is 0.871. The summed E-state index contributed by atoms with van der Waals surface area (Å²) in [5.41, 5.74) is 3.75. The maximum Gasteiger partial charge on any atom is 0.252 e. The van der Waals surface area contributed by atoms with Crippen LogP contribution in [0.15, 0.2) is 36.4 Å². The maximum atomic E-state index is 12.2. The van der Waals surface area contributed by atoms with Gasteiger partial charge in [0.1, 0.15) is 12.2 Å². The molecule has 2 aromatic carbocycles. The second-order valence-corrected chi connectivity index (χ2v) is 7.48. The largest absolute Gasteiger partial charge is 0.483 e. The highest BCUT2D eigenvalue weighted by atomic mass is 16.5. The summed E-state index contributed by atoms with van der Waals surface area (Å²) in [4.78, 5) is 12.2. The minimum absolute atomic E-state index is 0.117. The van der Waals surface area contributed by atoms with E-state index < -0.39 is 0 Å². The fourth-order valence-corrected chi connectivity index (χ4v) is 3.26. The predicted octanol–water partition coefficient (Wildman–Crippen LogP) is 3.83. The molecule has 0 radical (unpaired) electrons. The van der Waals surface area contributed by atoms with Crippen molar-refractivity contribution in [2.75, 3.05) is 13.2 Å². The zero-order valence-electron chi connectivity index (χ0n) is 16.3. The molecular weight excluding hydrogens is 338 g/mol. The third kappa shape index (κ3) is 4.83. The molecule has 1 amide bonds. The van der Waals surface area contributed by atoms with Crippen LogP contribution in [0.4, 0.5) is 0 Å². The van der Waals surface area contributed by atoms with Crippen molar-refractivity contribution in [3.8, 4) is 23.3 Å². The monoisotopic (exact) mass is 363 g/mol. The van der Waals surface area contributed by atoms with Crippen LogP contribution in [-0.4, -0.2) is 24.7 Å². The lowest BCUT2D eigenvalue weighted by Crippen LogP contribution is -2.24. The van der Waals surface area contributed by atoms with E-state index in [9.17, 15) is 4.79 Å². The molecule has 1 aliphatic rings. The molecule has 140 valence electrons. The summed E-state index contributed by atoms with van der Waals surface area (Å²) in [7, 11) is 0. The molecule has 3 rings (SSSR count). The third-order valence-electron chi connectivity index (χ3n) is 4.30. The molecule has 0 saturated carbocycles. The Kier molecular flexibility index (Phi) is 5.41. The lowest BCUT2D eigenvalue weighted by Gasteiger charge is -2.17. The van der Waals surface area contributed by atoms with Gasteiger partial charge in [-0.25, -0.2) is 0 Å². The van der Waals surface area contributed by atoms with Crippen LogP contribution in [0.3, 0.4) is 0 Å². The Morgan fingerprint density at radius 3 is 2.67 bits per heavy atom. The number of ether oxygens (including phenoxy) is 2. The van der Waals surface area contributed by atoms with Crippen LogP contribution in [0.5, 0.6) is 11.5 Å². The number of fused-ring (bicyclic) bond motifs is 1. The van der Waals surface area contributed by atoms with E-state index in [2.05, 4.69) is 37.1 Å². The molecule has 27 heavy (non-hydrogen) atoms. The maximum absolute atomic E-state index is 12.2. The summed E-state index contributed by atoms with van der Waals surface area (Å²) < 4.78 is 11.7. The topological polar surface area (TPSA) is 47.6 Å². The van der Waals surface area contributed by atoms with Crippen molar-refractivity contribution in [3.63, 3.8) is 0 Å².